The maximum atomic E-state index is 12.4. The molecule has 1 amide bonds. The minimum atomic E-state index is -0.630. The van der Waals surface area contributed by atoms with E-state index >= 15 is 0 Å². The highest BCUT2D eigenvalue weighted by Gasteiger charge is 2.35. The van der Waals surface area contributed by atoms with Crippen LogP contribution in [0.1, 0.15) is 26.2 Å². The number of ether oxygens (including phenoxy) is 2. The molecule has 1 aliphatic heterocycles. The van der Waals surface area contributed by atoms with Crippen molar-refractivity contribution in [1.29, 1.82) is 0 Å². The van der Waals surface area contributed by atoms with E-state index in [1.165, 1.54) is 18.1 Å². The standard InChI is InChI=1S/C19H22N2O5/c1-11(2)8-14(19(23)24-4)21-10-13(9-17(21)22)26-16-7-5-6-15-18(16)20-12(3)25-15/h5-7,9,11,14H,8,10H2,1-4H3. The zero-order valence-electron chi connectivity index (χ0n) is 15.3. The number of para-hydroxylation sites is 1. The molecule has 0 spiro atoms. The van der Waals surface area contributed by atoms with Crippen LogP contribution in [0.25, 0.3) is 11.1 Å². The van der Waals surface area contributed by atoms with Crippen molar-refractivity contribution >= 4 is 23.0 Å². The first-order valence-electron chi connectivity index (χ1n) is 8.52. The second-order valence-corrected chi connectivity index (χ2v) is 6.68. The van der Waals surface area contributed by atoms with Gasteiger partial charge in [-0.05, 0) is 24.5 Å². The first-order valence-corrected chi connectivity index (χ1v) is 8.52. The van der Waals surface area contributed by atoms with Gasteiger partial charge in [-0.2, -0.15) is 0 Å². The van der Waals surface area contributed by atoms with Crippen molar-refractivity contribution in [1.82, 2.24) is 9.88 Å². The molecule has 2 heterocycles. The Bertz CT molecular complexity index is 868. The van der Waals surface area contributed by atoms with E-state index in [1.54, 1.807) is 25.1 Å². The van der Waals surface area contributed by atoms with E-state index in [1.807, 2.05) is 13.8 Å². The lowest BCUT2D eigenvalue weighted by Crippen LogP contribution is -2.44. The molecular weight excluding hydrogens is 336 g/mol. The van der Waals surface area contributed by atoms with E-state index in [-0.39, 0.29) is 18.4 Å². The number of carbonyl (C=O) groups excluding carboxylic acids is 2. The van der Waals surface area contributed by atoms with Gasteiger partial charge in [-0.25, -0.2) is 9.78 Å². The summed E-state index contributed by atoms with van der Waals surface area (Å²) in [7, 11) is 1.33. The van der Waals surface area contributed by atoms with Gasteiger partial charge in [0.25, 0.3) is 5.91 Å². The van der Waals surface area contributed by atoms with E-state index in [2.05, 4.69) is 4.98 Å². The summed E-state index contributed by atoms with van der Waals surface area (Å²) >= 11 is 0. The number of fused-ring (bicyclic) bond motifs is 1. The Balaban J connectivity index is 1.79. The van der Waals surface area contributed by atoms with Crippen molar-refractivity contribution in [3.05, 3.63) is 35.9 Å². The Morgan fingerprint density at radius 1 is 1.38 bits per heavy atom. The average molecular weight is 358 g/mol. The number of carbonyl (C=O) groups is 2. The van der Waals surface area contributed by atoms with Crippen molar-refractivity contribution in [3.63, 3.8) is 0 Å². The average Bonchev–Trinajstić information content (AvgIpc) is 3.14. The van der Waals surface area contributed by atoms with Crippen molar-refractivity contribution in [3.8, 4) is 5.75 Å². The largest absolute Gasteiger partial charge is 0.467 e. The van der Waals surface area contributed by atoms with Crippen LogP contribution in [0.2, 0.25) is 0 Å². The number of esters is 1. The van der Waals surface area contributed by atoms with Crippen molar-refractivity contribution in [2.45, 2.75) is 33.2 Å². The third-order valence-electron chi connectivity index (χ3n) is 4.17. The van der Waals surface area contributed by atoms with Gasteiger partial charge in [0, 0.05) is 13.0 Å². The van der Waals surface area contributed by atoms with Gasteiger partial charge in [-0.3, -0.25) is 4.79 Å². The SMILES string of the molecule is COC(=O)C(CC(C)C)N1CC(Oc2cccc3oc(C)nc23)=CC1=O. The predicted molar refractivity (Wildman–Crippen MR) is 94.4 cm³/mol. The summed E-state index contributed by atoms with van der Waals surface area (Å²) in [6.45, 7) is 5.96. The minimum absolute atomic E-state index is 0.207. The van der Waals surface area contributed by atoms with Crippen LogP contribution in [-0.2, 0) is 14.3 Å². The van der Waals surface area contributed by atoms with E-state index in [0.717, 1.165) is 0 Å². The summed E-state index contributed by atoms with van der Waals surface area (Å²) in [6, 6.07) is 4.74. The molecule has 26 heavy (non-hydrogen) atoms. The number of hydrogen-bond donors (Lipinski definition) is 0. The molecule has 1 unspecified atom stereocenters. The molecule has 3 rings (SSSR count). The molecule has 1 atom stereocenters. The van der Waals surface area contributed by atoms with Gasteiger partial charge in [0.15, 0.2) is 22.7 Å². The Kier molecular flexibility index (Phi) is 4.97. The Morgan fingerprint density at radius 2 is 2.15 bits per heavy atom. The monoisotopic (exact) mass is 358 g/mol. The highest BCUT2D eigenvalue weighted by atomic mass is 16.5. The summed E-state index contributed by atoms with van der Waals surface area (Å²) in [5.74, 6) is 1.07. The fourth-order valence-electron chi connectivity index (χ4n) is 3.03. The molecule has 1 aromatic heterocycles. The lowest BCUT2D eigenvalue weighted by Gasteiger charge is -2.27. The molecular formula is C19H22N2O5. The summed E-state index contributed by atoms with van der Waals surface area (Å²) in [4.78, 5) is 30.3. The predicted octanol–water partition coefficient (Wildman–Crippen LogP) is 2.83. The molecule has 2 aromatic rings. The smallest absolute Gasteiger partial charge is 0.328 e. The number of amides is 1. The quantitative estimate of drug-likeness (QED) is 0.739. The summed E-state index contributed by atoms with van der Waals surface area (Å²) in [6.07, 6.45) is 1.93. The summed E-state index contributed by atoms with van der Waals surface area (Å²) in [5, 5.41) is 0. The molecule has 0 saturated heterocycles. The second-order valence-electron chi connectivity index (χ2n) is 6.68. The van der Waals surface area contributed by atoms with Crippen molar-refractivity contribution in [2.24, 2.45) is 5.92 Å². The van der Waals surface area contributed by atoms with Gasteiger partial charge in [0.2, 0.25) is 0 Å². The number of hydrogen-bond acceptors (Lipinski definition) is 6. The van der Waals surface area contributed by atoms with Gasteiger partial charge in [-0.1, -0.05) is 19.9 Å². The first kappa shape index (κ1) is 18.0. The van der Waals surface area contributed by atoms with E-state index in [9.17, 15) is 9.59 Å². The lowest BCUT2D eigenvalue weighted by molar-refractivity contribution is -0.151. The molecule has 1 aromatic carbocycles. The molecule has 7 nitrogen and oxygen atoms in total. The van der Waals surface area contributed by atoms with Crippen LogP contribution in [0.15, 0.2) is 34.5 Å². The number of rotatable bonds is 6. The zero-order chi connectivity index (χ0) is 18.8. The lowest BCUT2D eigenvalue weighted by atomic mass is 10.0. The van der Waals surface area contributed by atoms with Crippen LogP contribution in [0.5, 0.6) is 5.75 Å². The van der Waals surface area contributed by atoms with Gasteiger partial charge in [0.1, 0.15) is 11.8 Å². The molecule has 138 valence electrons. The van der Waals surface area contributed by atoms with Gasteiger partial charge in [-0.15, -0.1) is 0 Å². The van der Waals surface area contributed by atoms with Crippen molar-refractivity contribution in [2.75, 3.05) is 13.7 Å². The van der Waals surface area contributed by atoms with Crippen LogP contribution < -0.4 is 4.74 Å². The highest BCUT2D eigenvalue weighted by Crippen LogP contribution is 2.29. The topological polar surface area (TPSA) is 81.9 Å². The van der Waals surface area contributed by atoms with Gasteiger partial charge >= 0.3 is 5.97 Å². The van der Waals surface area contributed by atoms with Crippen LogP contribution in [0.4, 0.5) is 0 Å². The fourth-order valence-corrected chi connectivity index (χ4v) is 3.03. The number of methoxy groups -OCH3 is 1. The summed E-state index contributed by atoms with van der Waals surface area (Å²) in [5.41, 5.74) is 1.22. The first-order chi connectivity index (χ1) is 12.4. The zero-order valence-corrected chi connectivity index (χ0v) is 15.3. The third kappa shape index (κ3) is 3.56. The molecule has 0 radical (unpaired) electrons. The van der Waals surface area contributed by atoms with E-state index in [4.69, 9.17) is 13.9 Å². The van der Waals surface area contributed by atoms with Crippen LogP contribution in [0, 0.1) is 12.8 Å². The Morgan fingerprint density at radius 3 is 2.85 bits per heavy atom. The Hall–Kier alpha value is -2.83. The number of aromatic nitrogens is 1. The maximum absolute atomic E-state index is 12.4. The normalized spacial score (nSPS) is 15.5. The molecule has 0 saturated carbocycles. The molecule has 0 bridgehead atoms. The van der Waals surface area contributed by atoms with Crippen molar-refractivity contribution < 1.29 is 23.5 Å². The van der Waals surface area contributed by atoms with E-state index < -0.39 is 12.0 Å². The molecule has 0 fully saturated rings. The summed E-state index contributed by atoms with van der Waals surface area (Å²) < 4.78 is 16.3. The Labute approximate surface area is 151 Å². The minimum Gasteiger partial charge on any atom is -0.467 e. The molecule has 0 aliphatic carbocycles. The number of oxazole rings is 1. The fraction of sp³-hybridized carbons (Fsp3) is 0.421. The highest BCUT2D eigenvalue weighted by molar-refractivity contribution is 5.94. The molecule has 7 heteroatoms. The third-order valence-corrected chi connectivity index (χ3v) is 4.17. The number of aryl methyl sites for hydroxylation is 1. The van der Waals surface area contributed by atoms with Gasteiger partial charge < -0.3 is 18.8 Å². The van der Waals surface area contributed by atoms with E-state index in [0.29, 0.717) is 34.9 Å². The maximum Gasteiger partial charge on any atom is 0.328 e. The van der Waals surface area contributed by atoms with Gasteiger partial charge in [0.05, 0.1) is 13.7 Å². The number of nitrogens with zero attached hydrogens (tertiary/aromatic N) is 2. The van der Waals surface area contributed by atoms with Crippen LogP contribution in [0.3, 0.4) is 0 Å². The molecule has 1 aliphatic rings. The van der Waals surface area contributed by atoms with Crippen LogP contribution in [-0.4, -0.2) is 41.5 Å². The molecule has 0 N–H and O–H groups in total. The second kappa shape index (κ2) is 7.19. The number of benzene rings is 1. The van der Waals surface area contributed by atoms with Crippen LogP contribution >= 0.6 is 0 Å².